The third-order valence-corrected chi connectivity index (χ3v) is 7.40. The van der Waals surface area contributed by atoms with Crippen LogP contribution in [0, 0.1) is 0 Å². The van der Waals surface area contributed by atoms with Crippen molar-refractivity contribution in [2.45, 2.75) is 51.2 Å². The van der Waals surface area contributed by atoms with E-state index in [4.69, 9.17) is 9.72 Å². The molecule has 2 N–H and O–H groups in total. The fourth-order valence-corrected chi connectivity index (χ4v) is 5.51. The van der Waals surface area contributed by atoms with Gasteiger partial charge in [-0.15, -0.1) is 11.3 Å². The van der Waals surface area contributed by atoms with E-state index in [2.05, 4.69) is 15.4 Å². The summed E-state index contributed by atoms with van der Waals surface area (Å²) in [5, 5.41) is 19.3. The van der Waals surface area contributed by atoms with E-state index in [-0.39, 0.29) is 23.5 Å². The first-order chi connectivity index (χ1) is 16.7. The second kappa shape index (κ2) is 9.08. The molecule has 0 aliphatic carbocycles. The molecule has 0 bridgehead atoms. The summed E-state index contributed by atoms with van der Waals surface area (Å²) in [6.07, 6.45) is 3.84. The minimum Gasteiger partial charge on any atom is -0.465 e. The first-order valence-electron chi connectivity index (χ1n) is 11.7. The number of carboxylic acid groups (broad SMARTS) is 1. The number of fused-ring (bicyclic) bond motifs is 1. The Morgan fingerprint density at radius 3 is 2.66 bits per heavy atom. The number of rotatable bonds is 6. The average Bonchev–Trinajstić information content (AvgIpc) is 3.41. The topological polar surface area (TPSA) is 125 Å². The van der Waals surface area contributed by atoms with Crippen LogP contribution in [-0.4, -0.2) is 90.4 Å². The van der Waals surface area contributed by atoms with Crippen LogP contribution in [0.1, 0.15) is 44.1 Å². The van der Waals surface area contributed by atoms with Gasteiger partial charge in [0.15, 0.2) is 5.82 Å². The number of anilines is 1. The summed E-state index contributed by atoms with van der Waals surface area (Å²) < 4.78 is 7.12. The average molecular weight is 500 g/mol. The van der Waals surface area contributed by atoms with Crippen LogP contribution in [0.2, 0.25) is 0 Å². The highest BCUT2D eigenvalue weighted by atomic mass is 32.1. The van der Waals surface area contributed by atoms with E-state index in [0.29, 0.717) is 56.5 Å². The number of carbonyl (C=O) groups is 2. The summed E-state index contributed by atoms with van der Waals surface area (Å²) in [5.74, 6) is 0.810. The Bertz CT molecular complexity index is 1240. The first-order valence-corrected chi connectivity index (χ1v) is 12.6. The molecule has 35 heavy (non-hydrogen) atoms. The van der Waals surface area contributed by atoms with E-state index in [1.54, 1.807) is 21.7 Å². The van der Waals surface area contributed by atoms with Crippen molar-refractivity contribution >= 4 is 34.0 Å². The molecule has 11 nitrogen and oxygen atoms in total. The van der Waals surface area contributed by atoms with Gasteiger partial charge in [0.2, 0.25) is 0 Å². The molecule has 3 aromatic heterocycles. The quantitative estimate of drug-likeness (QED) is 0.530. The number of hydrogen-bond acceptors (Lipinski definition) is 8. The maximum atomic E-state index is 13.5. The van der Waals surface area contributed by atoms with Gasteiger partial charge in [-0.3, -0.25) is 4.79 Å². The van der Waals surface area contributed by atoms with Gasteiger partial charge in [0.05, 0.1) is 30.5 Å². The molecule has 3 aromatic rings. The summed E-state index contributed by atoms with van der Waals surface area (Å²) >= 11 is 1.53. The summed E-state index contributed by atoms with van der Waals surface area (Å²) in [6.45, 7) is 7.84. The largest absolute Gasteiger partial charge is 0.465 e. The monoisotopic (exact) mass is 499 g/mol. The Hall–Kier alpha value is -3.25. The second-order valence-electron chi connectivity index (χ2n) is 9.66. The van der Waals surface area contributed by atoms with E-state index in [1.807, 2.05) is 32.3 Å². The van der Waals surface area contributed by atoms with E-state index in [9.17, 15) is 14.7 Å². The van der Waals surface area contributed by atoms with Crippen LogP contribution in [0.5, 0.6) is 0 Å². The Balaban J connectivity index is 1.41. The van der Waals surface area contributed by atoms with E-state index in [0.717, 1.165) is 10.4 Å². The van der Waals surface area contributed by atoms with Crippen LogP contribution in [0.15, 0.2) is 23.8 Å². The van der Waals surface area contributed by atoms with E-state index in [1.165, 1.54) is 16.2 Å². The van der Waals surface area contributed by atoms with E-state index >= 15 is 0 Å². The number of nitrogens with zero attached hydrogens (tertiary/aromatic N) is 6. The minimum absolute atomic E-state index is 0.104. The fourth-order valence-electron chi connectivity index (χ4n) is 4.72. The van der Waals surface area contributed by atoms with Crippen molar-refractivity contribution in [2.24, 2.45) is 0 Å². The lowest BCUT2D eigenvalue weighted by Gasteiger charge is -2.39. The number of nitrogens with one attached hydrogen (secondary N) is 1. The van der Waals surface area contributed by atoms with Crippen molar-refractivity contribution in [1.29, 1.82) is 0 Å². The normalized spacial score (nSPS) is 18.0. The lowest BCUT2D eigenvalue weighted by Crippen LogP contribution is -2.53. The highest BCUT2D eigenvalue weighted by Gasteiger charge is 2.35. The molecule has 0 unspecified atom stereocenters. The predicted octanol–water partition coefficient (Wildman–Crippen LogP) is 3.05. The van der Waals surface area contributed by atoms with E-state index < -0.39 is 6.09 Å². The van der Waals surface area contributed by atoms with Crippen molar-refractivity contribution in [3.05, 3.63) is 29.5 Å². The van der Waals surface area contributed by atoms with Gasteiger partial charge in [-0.2, -0.15) is 5.10 Å². The lowest BCUT2D eigenvalue weighted by molar-refractivity contribution is -0.0320. The molecule has 2 aliphatic rings. The number of likely N-dealkylation sites (tertiary alicyclic amines) is 1. The molecular formula is C23H29N7O4S. The summed E-state index contributed by atoms with van der Waals surface area (Å²) in [7, 11) is 0. The van der Waals surface area contributed by atoms with Crippen LogP contribution in [-0.2, 0) is 4.74 Å². The number of thiazole rings is 1. The van der Waals surface area contributed by atoms with Gasteiger partial charge >= 0.3 is 6.09 Å². The van der Waals surface area contributed by atoms with Gasteiger partial charge in [-0.05, 0) is 33.6 Å². The molecule has 0 saturated carbocycles. The number of amides is 2. The second-order valence-corrected chi connectivity index (χ2v) is 10.6. The van der Waals surface area contributed by atoms with Crippen molar-refractivity contribution < 1.29 is 19.4 Å². The Kier molecular flexibility index (Phi) is 6.09. The SMILES string of the molecule is CC(C)N(C(=O)O)C1CCN(C(=O)c2cc(NC3(C)COC3)nc(-c3cnn4ccsc34)n2)CC1. The van der Waals surface area contributed by atoms with Crippen molar-refractivity contribution in [2.75, 3.05) is 31.6 Å². The molecule has 2 saturated heterocycles. The molecule has 2 amide bonds. The fraction of sp³-hybridized carbons (Fsp3) is 0.522. The molecule has 2 aliphatic heterocycles. The maximum absolute atomic E-state index is 13.5. The van der Waals surface area contributed by atoms with Gasteiger partial charge < -0.3 is 25.0 Å². The van der Waals surface area contributed by atoms with Crippen LogP contribution in [0.4, 0.5) is 10.6 Å². The number of hydrogen-bond donors (Lipinski definition) is 2. The third-order valence-electron chi connectivity index (χ3n) is 6.51. The predicted molar refractivity (Wildman–Crippen MR) is 131 cm³/mol. The Morgan fingerprint density at radius 2 is 2.03 bits per heavy atom. The number of aromatic nitrogens is 4. The summed E-state index contributed by atoms with van der Waals surface area (Å²) in [5.41, 5.74) is 0.814. The van der Waals surface area contributed by atoms with Gasteiger partial charge in [-0.1, -0.05) is 0 Å². The smallest absolute Gasteiger partial charge is 0.407 e. The molecule has 12 heteroatoms. The number of ether oxygens (including phenoxy) is 1. The van der Waals surface area contributed by atoms with Crippen molar-refractivity contribution in [3.8, 4) is 11.4 Å². The zero-order valence-electron chi connectivity index (χ0n) is 20.0. The third kappa shape index (κ3) is 4.55. The summed E-state index contributed by atoms with van der Waals surface area (Å²) in [4.78, 5) is 38.7. The number of carbonyl (C=O) groups excluding carboxylic acids is 1. The van der Waals surface area contributed by atoms with Crippen LogP contribution >= 0.6 is 11.3 Å². The van der Waals surface area contributed by atoms with Gasteiger partial charge in [-0.25, -0.2) is 19.3 Å². The molecule has 2 fully saturated rings. The van der Waals surface area contributed by atoms with Crippen LogP contribution in [0.25, 0.3) is 16.2 Å². The lowest BCUT2D eigenvalue weighted by atomic mass is 10.0. The van der Waals surface area contributed by atoms with Gasteiger partial charge in [0.25, 0.3) is 5.91 Å². The van der Waals surface area contributed by atoms with Gasteiger partial charge in [0.1, 0.15) is 16.3 Å². The van der Waals surface area contributed by atoms with Crippen LogP contribution < -0.4 is 5.32 Å². The zero-order valence-corrected chi connectivity index (χ0v) is 20.8. The highest BCUT2D eigenvalue weighted by Crippen LogP contribution is 2.29. The standard InChI is InChI=1S/C23H29N7O4S/c1-14(2)30(22(32)33)15-4-6-28(7-5-15)20(31)17-10-18(27-23(3)12-34-13-23)26-19(25-17)16-11-24-29-8-9-35-21(16)29/h8-11,14-15H,4-7,12-13H2,1-3H3,(H,32,33)(H,25,26,27). The molecule has 0 aromatic carbocycles. The molecule has 5 rings (SSSR count). The molecular weight excluding hydrogens is 470 g/mol. The molecule has 0 spiro atoms. The van der Waals surface area contributed by atoms with Gasteiger partial charge in [0, 0.05) is 42.8 Å². The Labute approximate surface area is 206 Å². The first kappa shape index (κ1) is 23.5. The molecule has 5 heterocycles. The maximum Gasteiger partial charge on any atom is 0.407 e. The van der Waals surface area contributed by atoms with Crippen molar-refractivity contribution in [3.63, 3.8) is 0 Å². The molecule has 0 atom stereocenters. The Morgan fingerprint density at radius 1 is 1.29 bits per heavy atom. The minimum atomic E-state index is -0.921. The highest BCUT2D eigenvalue weighted by molar-refractivity contribution is 7.16. The zero-order chi connectivity index (χ0) is 24.7. The van der Waals surface area contributed by atoms with Crippen molar-refractivity contribution in [1.82, 2.24) is 29.4 Å². The van der Waals surface area contributed by atoms with Crippen LogP contribution in [0.3, 0.4) is 0 Å². The summed E-state index contributed by atoms with van der Waals surface area (Å²) in [6, 6.07) is 1.47. The molecule has 0 radical (unpaired) electrons. The number of piperidine rings is 1. The molecule has 186 valence electrons.